The summed E-state index contributed by atoms with van der Waals surface area (Å²) in [7, 11) is -4.11. The van der Waals surface area contributed by atoms with Gasteiger partial charge in [0.15, 0.2) is 0 Å². The molecule has 9 heteroatoms. The lowest BCUT2D eigenvalue weighted by Gasteiger charge is -2.40. The predicted octanol–water partition coefficient (Wildman–Crippen LogP) is 3.38. The fraction of sp³-hybridized carbons (Fsp3) is 0.448. The Hall–Kier alpha value is -3.17. The van der Waals surface area contributed by atoms with E-state index in [4.69, 9.17) is 5.73 Å². The number of amides is 2. The zero-order valence-corrected chi connectivity index (χ0v) is 22.7. The summed E-state index contributed by atoms with van der Waals surface area (Å²) in [5, 5.41) is 6.29. The lowest BCUT2D eigenvalue weighted by Crippen LogP contribution is -2.57. The first-order valence-electron chi connectivity index (χ1n) is 13.4. The van der Waals surface area contributed by atoms with E-state index in [2.05, 4.69) is 29.7 Å². The molecule has 2 aromatic carbocycles. The van der Waals surface area contributed by atoms with Gasteiger partial charge >= 0.3 is 0 Å². The van der Waals surface area contributed by atoms with E-state index < -0.39 is 33.8 Å². The number of nitrogens with one attached hydrogen (secondary N) is 2. The Bertz CT molecular complexity index is 1350. The summed E-state index contributed by atoms with van der Waals surface area (Å²) in [5.41, 5.74) is 10.2. The van der Waals surface area contributed by atoms with Crippen LogP contribution in [-0.2, 0) is 26.0 Å². The zero-order chi connectivity index (χ0) is 27.0. The highest BCUT2D eigenvalue weighted by atomic mass is 32.2. The van der Waals surface area contributed by atoms with Crippen molar-refractivity contribution in [3.63, 3.8) is 0 Å². The maximum Gasteiger partial charge on any atom is 0.264 e. The first-order valence-corrected chi connectivity index (χ1v) is 14.9. The van der Waals surface area contributed by atoms with Gasteiger partial charge in [0, 0.05) is 24.5 Å². The summed E-state index contributed by atoms with van der Waals surface area (Å²) in [5.74, 6) is -2.66. The molecule has 2 unspecified atom stereocenters. The molecule has 1 heterocycles. The van der Waals surface area contributed by atoms with Crippen molar-refractivity contribution in [3.05, 3.63) is 77.1 Å². The van der Waals surface area contributed by atoms with Crippen molar-refractivity contribution < 1.29 is 18.0 Å². The van der Waals surface area contributed by atoms with Gasteiger partial charge in [0.25, 0.3) is 10.0 Å². The first kappa shape index (κ1) is 26.4. The highest BCUT2D eigenvalue weighted by molar-refractivity contribution is 7.89. The van der Waals surface area contributed by atoms with Crippen LogP contribution in [0.1, 0.15) is 73.2 Å². The summed E-state index contributed by atoms with van der Waals surface area (Å²) < 4.78 is 28.4. The van der Waals surface area contributed by atoms with Gasteiger partial charge < -0.3 is 16.4 Å². The van der Waals surface area contributed by atoms with Gasteiger partial charge in [-0.15, -0.1) is 0 Å². The summed E-state index contributed by atoms with van der Waals surface area (Å²) in [6, 6.07) is 12.2. The van der Waals surface area contributed by atoms with Gasteiger partial charge in [0.05, 0.1) is 10.8 Å². The number of nitrogens with two attached hydrogens (primary N) is 1. The summed E-state index contributed by atoms with van der Waals surface area (Å²) in [6.45, 7) is 4.03. The molecule has 0 bridgehead atoms. The van der Waals surface area contributed by atoms with Crippen LogP contribution in [-0.4, -0.2) is 36.6 Å². The molecule has 4 N–H and O–H groups in total. The minimum atomic E-state index is -4.11. The number of benzene rings is 2. The molecule has 8 nitrogen and oxygen atoms in total. The van der Waals surface area contributed by atoms with Crippen LogP contribution in [0, 0.1) is 12.8 Å². The fourth-order valence-electron chi connectivity index (χ4n) is 5.98. The van der Waals surface area contributed by atoms with Crippen LogP contribution in [0.4, 0.5) is 0 Å². The number of rotatable bonds is 8. The largest absolute Gasteiger partial charge is 0.369 e. The Morgan fingerprint density at radius 1 is 1.11 bits per heavy atom. The van der Waals surface area contributed by atoms with Crippen LogP contribution in [0.2, 0.25) is 0 Å². The maximum atomic E-state index is 13.7. The summed E-state index contributed by atoms with van der Waals surface area (Å²) in [4.78, 5) is 26.3. The van der Waals surface area contributed by atoms with E-state index in [0.717, 1.165) is 33.8 Å². The topological polar surface area (TPSA) is 122 Å². The maximum absolute atomic E-state index is 13.7. The number of nitrogens with zero attached hydrogens (tertiary/aromatic N) is 1. The molecular weight excluding hydrogens is 500 g/mol. The molecular formula is C29H36N4O4S. The van der Waals surface area contributed by atoms with Crippen molar-refractivity contribution in [2.45, 2.75) is 81.3 Å². The lowest BCUT2D eigenvalue weighted by molar-refractivity contribution is -0.133. The Morgan fingerprint density at radius 3 is 2.50 bits per heavy atom. The van der Waals surface area contributed by atoms with Gasteiger partial charge in [0.2, 0.25) is 11.8 Å². The molecule has 0 spiro atoms. The Kier molecular flexibility index (Phi) is 7.33. The highest BCUT2D eigenvalue weighted by Gasteiger charge is 2.47. The minimum Gasteiger partial charge on any atom is -0.369 e. The normalized spacial score (nSPS) is 23.2. The second-order valence-electron chi connectivity index (χ2n) is 10.8. The Labute approximate surface area is 224 Å². The van der Waals surface area contributed by atoms with E-state index in [9.17, 15) is 18.0 Å². The van der Waals surface area contributed by atoms with Crippen molar-refractivity contribution in [1.82, 2.24) is 14.9 Å². The fourth-order valence-corrected chi connectivity index (χ4v) is 7.45. The smallest absolute Gasteiger partial charge is 0.264 e. The number of sulfonamides is 1. The quantitative estimate of drug-likeness (QED) is 0.478. The van der Waals surface area contributed by atoms with E-state index in [-0.39, 0.29) is 16.9 Å². The molecule has 2 aromatic rings. The Balaban J connectivity index is 1.49. The average molecular weight is 537 g/mol. The molecule has 4 atom stereocenters. The van der Waals surface area contributed by atoms with Gasteiger partial charge in [-0.25, -0.2) is 8.42 Å². The predicted molar refractivity (Wildman–Crippen MR) is 145 cm³/mol. The molecule has 2 aliphatic carbocycles. The standard InChI is InChI=1S/C29H36N4O4S/c1-18-9-12-23(13-10-18)38(36,37)33-16-15-31-29(35)27(33)26(28(30)34)25-8-3-5-21-17-20(11-14-24(21)25)19(2)32-22-6-4-7-22/h9-17,19,22,25-27,32H,3-8H2,1-2H3,(H2,30,34)(H,31,35)/t19?,25-,26?,27+/m0/s1. The lowest BCUT2D eigenvalue weighted by atomic mass is 9.72. The van der Waals surface area contributed by atoms with Crippen LogP contribution in [0.3, 0.4) is 0 Å². The molecule has 0 radical (unpaired) electrons. The second kappa shape index (κ2) is 10.5. The van der Waals surface area contributed by atoms with Gasteiger partial charge in [-0.2, -0.15) is 0 Å². The van der Waals surface area contributed by atoms with Crippen LogP contribution in [0.25, 0.3) is 0 Å². The molecule has 5 rings (SSSR count). The van der Waals surface area contributed by atoms with Crippen molar-refractivity contribution >= 4 is 21.8 Å². The third-order valence-corrected chi connectivity index (χ3v) is 10.1. The third kappa shape index (κ3) is 4.97. The summed E-state index contributed by atoms with van der Waals surface area (Å²) in [6.07, 6.45) is 8.62. The number of primary amides is 1. The molecule has 1 fully saturated rings. The zero-order valence-electron chi connectivity index (χ0n) is 21.9. The first-order chi connectivity index (χ1) is 18.2. The number of aryl methyl sites for hydroxylation is 2. The number of hydrogen-bond acceptors (Lipinski definition) is 5. The van der Waals surface area contributed by atoms with Gasteiger partial charge in [0.1, 0.15) is 6.04 Å². The van der Waals surface area contributed by atoms with E-state index in [1.54, 1.807) is 12.1 Å². The number of carbonyl (C=O) groups is 2. The molecule has 2 amide bonds. The third-order valence-electron chi connectivity index (χ3n) is 8.31. The second-order valence-corrected chi connectivity index (χ2v) is 12.7. The number of hydrogen-bond donors (Lipinski definition) is 3. The van der Waals surface area contributed by atoms with Crippen molar-refractivity contribution in [2.24, 2.45) is 11.7 Å². The molecule has 1 saturated carbocycles. The molecule has 3 aliphatic rings. The van der Waals surface area contributed by atoms with Gasteiger partial charge in [-0.1, -0.05) is 42.3 Å². The van der Waals surface area contributed by atoms with Crippen LogP contribution in [0.5, 0.6) is 0 Å². The Morgan fingerprint density at radius 2 is 1.84 bits per heavy atom. The molecule has 0 saturated heterocycles. The number of fused-ring (bicyclic) bond motifs is 1. The van der Waals surface area contributed by atoms with E-state index >= 15 is 0 Å². The number of carbonyl (C=O) groups excluding carboxylic acids is 2. The van der Waals surface area contributed by atoms with Crippen molar-refractivity contribution in [3.8, 4) is 0 Å². The SMILES string of the molecule is Cc1ccc(S(=O)(=O)N2C=CNC(=O)[C@H]2C(C(N)=O)[C@H]2CCCc3cc(C(C)NC4CCC4)ccc32)cc1. The molecule has 1 aliphatic heterocycles. The van der Waals surface area contributed by atoms with Crippen LogP contribution in [0.15, 0.2) is 59.8 Å². The van der Waals surface area contributed by atoms with E-state index in [1.807, 2.05) is 13.0 Å². The van der Waals surface area contributed by atoms with E-state index in [0.29, 0.717) is 12.5 Å². The van der Waals surface area contributed by atoms with Gasteiger partial charge in [-0.05, 0) is 80.7 Å². The van der Waals surface area contributed by atoms with Crippen molar-refractivity contribution in [1.29, 1.82) is 0 Å². The van der Waals surface area contributed by atoms with E-state index in [1.165, 1.54) is 49.4 Å². The van der Waals surface area contributed by atoms with Crippen molar-refractivity contribution in [2.75, 3.05) is 0 Å². The molecule has 38 heavy (non-hydrogen) atoms. The van der Waals surface area contributed by atoms with Crippen LogP contribution < -0.4 is 16.4 Å². The average Bonchev–Trinajstić information content (AvgIpc) is 2.87. The minimum absolute atomic E-state index is 0.0531. The molecule has 0 aromatic heterocycles. The molecule has 202 valence electrons. The summed E-state index contributed by atoms with van der Waals surface area (Å²) >= 11 is 0. The van der Waals surface area contributed by atoms with Crippen LogP contribution >= 0.6 is 0 Å². The van der Waals surface area contributed by atoms with Gasteiger partial charge in [-0.3, -0.25) is 13.9 Å². The monoisotopic (exact) mass is 536 g/mol. The highest BCUT2D eigenvalue weighted by Crippen LogP contribution is 2.42.